The molecule has 1 amide bonds. The van der Waals surface area contributed by atoms with Gasteiger partial charge in [-0.05, 0) is 56.6 Å². The quantitative estimate of drug-likeness (QED) is 0.469. The summed E-state index contributed by atoms with van der Waals surface area (Å²) < 4.78 is 1.12. The van der Waals surface area contributed by atoms with E-state index >= 15 is 0 Å². The van der Waals surface area contributed by atoms with Gasteiger partial charge in [0, 0.05) is 23.5 Å². The largest absolute Gasteiger partial charge is 0.302 e. The predicted molar refractivity (Wildman–Crippen MR) is 122 cm³/mol. The van der Waals surface area contributed by atoms with Crippen LogP contribution in [-0.4, -0.2) is 48.2 Å². The molecule has 1 heterocycles. The second-order valence-electron chi connectivity index (χ2n) is 6.68. The number of hydrogen-bond donors (Lipinski definition) is 0. The highest BCUT2D eigenvalue weighted by Crippen LogP contribution is 2.32. The highest BCUT2D eigenvalue weighted by atomic mass is 32.2. The van der Waals surface area contributed by atoms with Gasteiger partial charge in [-0.2, -0.15) is 0 Å². The normalized spacial score (nSPS) is 11.3. The van der Waals surface area contributed by atoms with Gasteiger partial charge < -0.3 is 4.90 Å². The third kappa shape index (κ3) is 4.74. The maximum atomic E-state index is 13.3. The number of thioether (sulfide) groups is 1. The minimum absolute atomic E-state index is 0.0105. The number of anilines is 1. The zero-order valence-electron chi connectivity index (χ0n) is 16.9. The molecular weight excluding hydrogens is 386 g/mol. The van der Waals surface area contributed by atoms with Gasteiger partial charge in [-0.3, -0.25) is 9.69 Å². The lowest BCUT2D eigenvalue weighted by molar-refractivity contribution is 0.0984. The predicted octanol–water partition coefficient (Wildman–Crippen LogP) is 5.32. The van der Waals surface area contributed by atoms with Crippen molar-refractivity contribution < 1.29 is 4.79 Å². The van der Waals surface area contributed by atoms with Crippen molar-refractivity contribution in [3.05, 3.63) is 53.6 Å². The van der Waals surface area contributed by atoms with Crippen LogP contribution in [0.25, 0.3) is 10.2 Å². The molecule has 0 fully saturated rings. The van der Waals surface area contributed by atoms with Gasteiger partial charge in [-0.1, -0.05) is 42.9 Å². The smallest absolute Gasteiger partial charge is 0.260 e. The van der Waals surface area contributed by atoms with Gasteiger partial charge in [-0.15, -0.1) is 11.8 Å². The number of benzene rings is 2. The average molecular weight is 414 g/mol. The molecule has 28 heavy (non-hydrogen) atoms. The standard InChI is InChI=1S/C22H27N3OS2/c1-5-24(6-2)13-14-25(21(26)17-9-7-16(3)8-10-17)22-23-19-12-11-18(27-4)15-20(19)28-22/h7-12,15H,5-6,13-14H2,1-4H3. The molecule has 0 N–H and O–H groups in total. The Morgan fingerprint density at radius 3 is 2.43 bits per heavy atom. The van der Waals surface area contributed by atoms with E-state index in [4.69, 9.17) is 4.98 Å². The van der Waals surface area contributed by atoms with Gasteiger partial charge >= 0.3 is 0 Å². The summed E-state index contributed by atoms with van der Waals surface area (Å²) in [6.45, 7) is 9.73. The molecule has 0 unspecified atom stereocenters. The first kappa shape index (κ1) is 20.8. The van der Waals surface area contributed by atoms with E-state index in [9.17, 15) is 4.79 Å². The van der Waals surface area contributed by atoms with E-state index in [2.05, 4.69) is 37.1 Å². The molecule has 1 aromatic heterocycles. The van der Waals surface area contributed by atoms with Crippen molar-refractivity contribution in [1.82, 2.24) is 9.88 Å². The lowest BCUT2D eigenvalue weighted by Crippen LogP contribution is -2.38. The number of aryl methyl sites for hydroxylation is 1. The van der Waals surface area contributed by atoms with Crippen LogP contribution in [0.2, 0.25) is 0 Å². The Labute approximate surface area is 175 Å². The highest BCUT2D eigenvalue weighted by Gasteiger charge is 2.22. The fourth-order valence-corrected chi connectivity index (χ4v) is 4.60. The summed E-state index contributed by atoms with van der Waals surface area (Å²) in [7, 11) is 0. The molecule has 0 bridgehead atoms. The molecule has 4 nitrogen and oxygen atoms in total. The Balaban J connectivity index is 1.94. The van der Waals surface area contributed by atoms with Gasteiger partial charge in [-0.25, -0.2) is 4.98 Å². The number of nitrogens with zero attached hydrogens (tertiary/aromatic N) is 3. The Hall–Kier alpha value is -1.89. The van der Waals surface area contributed by atoms with Crippen LogP contribution in [-0.2, 0) is 0 Å². The number of rotatable bonds is 8. The Bertz CT molecular complexity index is 933. The lowest BCUT2D eigenvalue weighted by atomic mass is 10.1. The monoisotopic (exact) mass is 413 g/mol. The van der Waals surface area contributed by atoms with Gasteiger partial charge in [0.1, 0.15) is 0 Å². The Morgan fingerprint density at radius 1 is 1.07 bits per heavy atom. The molecule has 0 aliphatic heterocycles. The van der Waals surface area contributed by atoms with Crippen LogP contribution < -0.4 is 4.90 Å². The second-order valence-corrected chi connectivity index (χ2v) is 8.57. The number of carbonyl (C=O) groups is 1. The molecule has 3 aromatic rings. The summed E-state index contributed by atoms with van der Waals surface area (Å²) in [5, 5.41) is 0.769. The van der Waals surface area contributed by atoms with E-state index < -0.39 is 0 Å². The van der Waals surface area contributed by atoms with Crippen molar-refractivity contribution in [3.63, 3.8) is 0 Å². The molecule has 6 heteroatoms. The average Bonchev–Trinajstić information content (AvgIpc) is 3.14. The van der Waals surface area contributed by atoms with Gasteiger partial charge in [0.2, 0.25) is 0 Å². The summed E-state index contributed by atoms with van der Waals surface area (Å²) in [4.78, 5) is 23.5. The number of aromatic nitrogens is 1. The number of thiazole rings is 1. The molecule has 0 spiro atoms. The lowest BCUT2D eigenvalue weighted by Gasteiger charge is -2.24. The molecule has 0 radical (unpaired) electrons. The second kappa shape index (κ2) is 9.54. The summed E-state index contributed by atoms with van der Waals surface area (Å²) in [6, 6.07) is 14.1. The number of likely N-dealkylation sites (N-methyl/N-ethyl adjacent to an activating group) is 1. The van der Waals surface area contributed by atoms with E-state index in [1.54, 1.807) is 23.1 Å². The fraction of sp³-hybridized carbons (Fsp3) is 0.364. The van der Waals surface area contributed by atoms with Crippen molar-refractivity contribution in [2.45, 2.75) is 25.7 Å². The van der Waals surface area contributed by atoms with Gasteiger partial charge in [0.15, 0.2) is 5.13 Å². The molecule has 0 saturated heterocycles. The molecule has 148 valence electrons. The molecule has 0 saturated carbocycles. The van der Waals surface area contributed by atoms with Crippen molar-refractivity contribution >= 4 is 44.4 Å². The summed E-state index contributed by atoms with van der Waals surface area (Å²) in [5.74, 6) is 0.0105. The Morgan fingerprint density at radius 2 is 1.79 bits per heavy atom. The fourth-order valence-electron chi connectivity index (χ4n) is 3.05. The van der Waals surface area contributed by atoms with E-state index in [-0.39, 0.29) is 5.91 Å². The first-order valence-electron chi connectivity index (χ1n) is 9.61. The minimum Gasteiger partial charge on any atom is -0.302 e. The van der Waals surface area contributed by atoms with Crippen molar-refractivity contribution in [2.75, 3.05) is 37.3 Å². The first-order valence-corrected chi connectivity index (χ1v) is 11.6. The minimum atomic E-state index is 0.0105. The van der Waals surface area contributed by atoms with E-state index in [0.29, 0.717) is 12.1 Å². The van der Waals surface area contributed by atoms with Crippen LogP contribution in [0.5, 0.6) is 0 Å². The van der Waals surface area contributed by atoms with Gasteiger partial charge in [0.25, 0.3) is 5.91 Å². The van der Waals surface area contributed by atoms with Crippen molar-refractivity contribution in [1.29, 1.82) is 0 Å². The summed E-state index contributed by atoms with van der Waals surface area (Å²) in [5.41, 5.74) is 2.80. The summed E-state index contributed by atoms with van der Waals surface area (Å²) >= 11 is 3.31. The molecule has 2 aromatic carbocycles. The third-order valence-corrected chi connectivity index (χ3v) is 6.66. The molecule has 0 aliphatic carbocycles. The number of carbonyl (C=O) groups excluding carboxylic acids is 1. The zero-order chi connectivity index (χ0) is 20.1. The maximum Gasteiger partial charge on any atom is 0.260 e. The third-order valence-electron chi connectivity index (χ3n) is 4.89. The molecule has 0 atom stereocenters. The first-order chi connectivity index (χ1) is 13.5. The van der Waals surface area contributed by atoms with Gasteiger partial charge in [0.05, 0.1) is 10.2 Å². The van der Waals surface area contributed by atoms with Crippen LogP contribution in [0.3, 0.4) is 0 Å². The highest BCUT2D eigenvalue weighted by molar-refractivity contribution is 7.98. The number of fused-ring (bicyclic) bond motifs is 1. The Kier molecular flexibility index (Phi) is 7.10. The zero-order valence-corrected chi connectivity index (χ0v) is 18.6. The van der Waals surface area contributed by atoms with E-state index in [0.717, 1.165) is 40.5 Å². The molecule has 3 rings (SSSR count). The van der Waals surface area contributed by atoms with Crippen LogP contribution in [0.1, 0.15) is 29.8 Å². The van der Waals surface area contributed by atoms with Crippen LogP contribution >= 0.6 is 23.1 Å². The maximum absolute atomic E-state index is 13.3. The van der Waals surface area contributed by atoms with Crippen LogP contribution in [0.15, 0.2) is 47.4 Å². The SMILES string of the molecule is CCN(CC)CCN(C(=O)c1ccc(C)cc1)c1nc2ccc(SC)cc2s1. The topological polar surface area (TPSA) is 36.4 Å². The van der Waals surface area contributed by atoms with Crippen LogP contribution in [0.4, 0.5) is 5.13 Å². The van der Waals surface area contributed by atoms with Crippen molar-refractivity contribution in [2.24, 2.45) is 0 Å². The summed E-state index contributed by atoms with van der Waals surface area (Å²) in [6.07, 6.45) is 2.07. The number of hydrogen-bond acceptors (Lipinski definition) is 5. The molecule has 0 aliphatic rings. The van der Waals surface area contributed by atoms with E-state index in [1.165, 1.54) is 4.90 Å². The van der Waals surface area contributed by atoms with Crippen molar-refractivity contribution in [3.8, 4) is 0 Å². The number of amides is 1. The molecular formula is C22H27N3OS2. The van der Waals surface area contributed by atoms with Crippen LogP contribution in [0, 0.1) is 6.92 Å². The van der Waals surface area contributed by atoms with E-state index in [1.807, 2.05) is 42.2 Å².